The maximum absolute atomic E-state index is 13.0. The zero-order valence-electron chi connectivity index (χ0n) is 7.14. The topological polar surface area (TPSA) is 0 Å². The molecule has 0 heterocycles. The Morgan fingerprint density at radius 2 is 1.92 bits per heavy atom. The van der Waals surface area contributed by atoms with Crippen molar-refractivity contribution in [1.29, 1.82) is 0 Å². The van der Waals surface area contributed by atoms with Crippen LogP contribution < -0.4 is 0 Å². The van der Waals surface area contributed by atoms with Gasteiger partial charge in [0.05, 0.1) is 5.02 Å². The van der Waals surface area contributed by atoms with Gasteiger partial charge >= 0.3 is 0 Å². The minimum absolute atomic E-state index is 0.206. The molecule has 66 valence electrons. The van der Waals surface area contributed by atoms with Gasteiger partial charge in [-0.25, -0.2) is 4.39 Å². The fourth-order valence-electron chi connectivity index (χ4n) is 1.38. The van der Waals surface area contributed by atoms with E-state index < -0.39 is 0 Å². The summed E-state index contributed by atoms with van der Waals surface area (Å²) in [5, 5.41) is 1.95. The lowest BCUT2D eigenvalue weighted by molar-refractivity contribution is 0.630. The first-order valence-electron chi connectivity index (χ1n) is 4.03. The lowest BCUT2D eigenvalue weighted by Gasteiger charge is -2.02. The minimum Gasteiger partial charge on any atom is -0.205 e. The molecule has 0 fully saturated rings. The highest BCUT2D eigenvalue weighted by Gasteiger charge is 2.03. The standard InChI is InChI=1S/C11H8ClF/c1-7-2-4-9-8(6-7)3-5-10(13)11(9)12/h2-6H,1H3. The van der Waals surface area contributed by atoms with Crippen LogP contribution in [0.25, 0.3) is 10.8 Å². The molecular formula is C11H8ClF. The molecule has 0 radical (unpaired) electrons. The van der Waals surface area contributed by atoms with E-state index in [4.69, 9.17) is 11.6 Å². The molecule has 13 heavy (non-hydrogen) atoms. The zero-order chi connectivity index (χ0) is 9.42. The zero-order valence-corrected chi connectivity index (χ0v) is 7.90. The normalized spacial score (nSPS) is 10.7. The molecule has 0 aliphatic rings. The molecule has 0 bridgehead atoms. The van der Waals surface area contributed by atoms with Crippen LogP contribution in [0, 0.1) is 12.7 Å². The lowest BCUT2D eigenvalue weighted by Crippen LogP contribution is -1.80. The SMILES string of the molecule is Cc1ccc2c(Cl)c(F)ccc2c1. The van der Waals surface area contributed by atoms with E-state index in [0.29, 0.717) is 0 Å². The van der Waals surface area contributed by atoms with Crippen molar-refractivity contribution in [3.05, 3.63) is 46.7 Å². The van der Waals surface area contributed by atoms with Gasteiger partial charge in [-0.1, -0.05) is 41.4 Å². The molecule has 0 amide bonds. The third-order valence-electron chi connectivity index (χ3n) is 2.06. The van der Waals surface area contributed by atoms with E-state index in [2.05, 4.69) is 0 Å². The van der Waals surface area contributed by atoms with Crippen molar-refractivity contribution in [3.8, 4) is 0 Å². The van der Waals surface area contributed by atoms with Crippen LogP contribution in [0.15, 0.2) is 30.3 Å². The van der Waals surface area contributed by atoms with Crippen molar-refractivity contribution in [3.63, 3.8) is 0 Å². The molecule has 0 atom stereocenters. The van der Waals surface area contributed by atoms with E-state index in [-0.39, 0.29) is 10.8 Å². The van der Waals surface area contributed by atoms with Gasteiger partial charge in [0.2, 0.25) is 0 Å². The summed E-state index contributed by atoms with van der Waals surface area (Å²) in [6.45, 7) is 2.00. The van der Waals surface area contributed by atoms with Gasteiger partial charge in [-0.15, -0.1) is 0 Å². The number of fused-ring (bicyclic) bond motifs is 1. The third kappa shape index (κ3) is 1.40. The molecule has 0 saturated heterocycles. The smallest absolute Gasteiger partial charge is 0.142 e. The van der Waals surface area contributed by atoms with Crippen LogP contribution in [0.5, 0.6) is 0 Å². The Morgan fingerprint density at radius 3 is 2.69 bits per heavy atom. The molecule has 2 aromatic carbocycles. The Bertz CT molecular complexity index is 463. The summed E-state index contributed by atoms with van der Waals surface area (Å²) in [7, 11) is 0. The molecule has 0 aliphatic carbocycles. The average Bonchev–Trinajstić information content (AvgIpc) is 2.12. The second-order valence-electron chi connectivity index (χ2n) is 3.09. The quantitative estimate of drug-likeness (QED) is 0.596. The summed E-state index contributed by atoms with van der Waals surface area (Å²) in [6, 6.07) is 8.89. The molecule has 2 heteroatoms. The fourth-order valence-corrected chi connectivity index (χ4v) is 1.62. The van der Waals surface area contributed by atoms with Crippen LogP contribution in [-0.4, -0.2) is 0 Å². The first kappa shape index (κ1) is 8.52. The van der Waals surface area contributed by atoms with Gasteiger partial charge in [-0.2, -0.15) is 0 Å². The Labute approximate surface area is 80.9 Å². The minimum atomic E-state index is -0.363. The van der Waals surface area contributed by atoms with Crippen molar-refractivity contribution in [1.82, 2.24) is 0 Å². The van der Waals surface area contributed by atoms with Gasteiger partial charge < -0.3 is 0 Å². The van der Waals surface area contributed by atoms with Crippen LogP contribution in [-0.2, 0) is 0 Å². The van der Waals surface area contributed by atoms with E-state index in [1.54, 1.807) is 6.07 Å². The van der Waals surface area contributed by atoms with E-state index >= 15 is 0 Å². The highest BCUT2D eigenvalue weighted by Crippen LogP contribution is 2.26. The van der Waals surface area contributed by atoms with Crippen molar-refractivity contribution >= 4 is 22.4 Å². The van der Waals surface area contributed by atoms with Gasteiger partial charge in [0.1, 0.15) is 5.82 Å². The number of halogens is 2. The number of hydrogen-bond donors (Lipinski definition) is 0. The lowest BCUT2D eigenvalue weighted by atomic mass is 10.1. The van der Waals surface area contributed by atoms with Crippen molar-refractivity contribution in [2.75, 3.05) is 0 Å². The Balaban J connectivity index is 2.87. The molecule has 0 aliphatic heterocycles. The second kappa shape index (κ2) is 3.00. The van der Waals surface area contributed by atoms with E-state index in [0.717, 1.165) is 16.3 Å². The molecular weight excluding hydrogens is 187 g/mol. The first-order chi connectivity index (χ1) is 6.18. The summed E-state index contributed by atoms with van der Waals surface area (Å²) in [5.41, 5.74) is 1.15. The average molecular weight is 195 g/mol. The summed E-state index contributed by atoms with van der Waals surface area (Å²) in [5.74, 6) is -0.363. The van der Waals surface area contributed by atoms with E-state index in [9.17, 15) is 4.39 Å². The van der Waals surface area contributed by atoms with Crippen molar-refractivity contribution in [2.45, 2.75) is 6.92 Å². The predicted molar refractivity (Wildman–Crippen MR) is 53.7 cm³/mol. The fraction of sp³-hybridized carbons (Fsp3) is 0.0909. The Hall–Kier alpha value is -1.08. The Kier molecular flexibility index (Phi) is 1.97. The second-order valence-corrected chi connectivity index (χ2v) is 3.46. The monoisotopic (exact) mass is 194 g/mol. The molecule has 0 nitrogen and oxygen atoms in total. The van der Waals surface area contributed by atoms with Crippen molar-refractivity contribution < 1.29 is 4.39 Å². The predicted octanol–water partition coefficient (Wildman–Crippen LogP) is 3.94. The third-order valence-corrected chi connectivity index (χ3v) is 2.45. The summed E-state index contributed by atoms with van der Waals surface area (Å²) in [6.07, 6.45) is 0. The maximum atomic E-state index is 13.0. The van der Waals surface area contributed by atoms with Gasteiger partial charge in [0.15, 0.2) is 0 Å². The summed E-state index contributed by atoms with van der Waals surface area (Å²) in [4.78, 5) is 0. The highest BCUT2D eigenvalue weighted by atomic mass is 35.5. The number of aryl methyl sites for hydroxylation is 1. The number of hydrogen-bond acceptors (Lipinski definition) is 0. The molecule has 0 aromatic heterocycles. The van der Waals surface area contributed by atoms with Gasteiger partial charge in [-0.3, -0.25) is 0 Å². The van der Waals surface area contributed by atoms with Crippen LogP contribution in [0.4, 0.5) is 4.39 Å². The molecule has 0 saturated carbocycles. The molecule has 0 unspecified atom stereocenters. The van der Waals surface area contributed by atoms with Crippen LogP contribution in [0.3, 0.4) is 0 Å². The van der Waals surface area contributed by atoms with Crippen LogP contribution in [0.1, 0.15) is 5.56 Å². The number of rotatable bonds is 0. The van der Waals surface area contributed by atoms with Crippen molar-refractivity contribution in [2.24, 2.45) is 0 Å². The molecule has 0 spiro atoms. The van der Waals surface area contributed by atoms with Crippen LogP contribution >= 0.6 is 11.6 Å². The van der Waals surface area contributed by atoms with Gasteiger partial charge in [0.25, 0.3) is 0 Å². The van der Waals surface area contributed by atoms with Gasteiger partial charge in [0, 0.05) is 5.39 Å². The first-order valence-corrected chi connectivity index (χ1v) is 4.40. The summed E-state index contributed by atoms with van der Waals surface area (Å²) >= 11 is 5.80. The summed E-state index contributed by atoms with van der Waals surface area (Å²) < 4.78 is 13.0. The van der Waals surface area contributed by atoms with Gasteiger partial charge in [-0.05, 0) is 18.4 Å². The molecule has 0 N–H and O–H groups in total. The highest BCUT2D eigenvalue weighted by molar-refractivity contribution is 6.35. The number of benzene rings is 2. The maximum Gasteiger partial charge on any atom is 0.142 e. The molecule has 2 rings (SSSR count). The Morgan fingerprint density at radius 1 is 1.15 bits per heavy atom. The van der Waals surface area contributed by atoms with E-state index in [1.807, 2.05) is 25.1 Å². The largest absolute Gasteiger partial charge is 0.205 e. The van der Waals surface area contributed by atoms with Crippen LogP contribution in [0.2, 0.25) is 5.02 Å². The van der Waals surface area contributed by atoms with E-state index in [1.165, 1.54) is 6.07 Å². The molecule has 2 aromatic rings.